The first-order valence-electron chi connectivity index (χ1n) is 11.2. The van der Waals surface area contributed by atoms with Gasteiger partial charge in [-0.05, 0) is 67.9 Å². The molecule has 2 fully saturated rings. The maximum atomic E-state index is 11.8. The maximum absolute atomic E-state index is 11.8. The first-order chi connectivity index (χ1) is 14.2. The molecule has 1 N–H and O–H groups in total. The van der Waals surface area contributed by atoms with Crippen LogP contribution in [0.4, 0.5) is 0 Å². The highest BCUT2D eigenvalue weighted by Crippen LogP contribution is 2.49. The Morgan fingerprint density at radius 1 is 1.07 bits per heavy atom. The molecule has 1 saturated carbocycles. The van der Waals surface area contributed by atoms with Crippen molar-refractivity contribution in [3.63, 3.8) is 0 Å². The van der Waals surface area contributed by atoms with E-state index in [4.69, 9.17) is 4.74 Å². The van der Waals surface area contributed by atoms with Gasteiger partial charge in [0.05, 0.1) is 12.8 Å². The number of piperidine rings is 1. The smallest absolute Gasteiger partial charge is 0.123 e. The Kier molecular flexibility index (Phi) is 5.09. The third-order valence-electron chi connectivity index (χ3n) is 7.52. The van der Waals surface area contributed by atoms with Crippen LogP contribution >= 0.6 is 0 Å². The van der Waals surface area contributed by atoms with Gasteiger partial charge in [-0.2, -0.15) is 0 Å². The molecule has 0 radical (unpaired) electrons. The molecule has 1 aromatic carbocycles. The van der Waals surface area contributed by atoms with E-state index in [1.165, 1.54) is 48.8 Å². The van der Waals surface area contributed by atoms with E-state index in [1.54, 1.807) is 7.11 Å². The van der Waals surface area contributed by atoms with Gasteiger partial charge in [-0.3, -0.25) is 9.88 Å². The molecule has 1 saturated heterocycles. The van der Waals surface area contributed by atoms with Gasteiger partial charge >= 0.3 is 0 Å². The van der Waals surface area contributed by atoms with Crippen LogP contribution < -0.4 is 4.74 Å². The first-order valence-corrected chi connectivity index (χ1v) is 11.2. The Balaban J connectivity index is 1.40. The standard InChI is InChI=1S/C25H32N2O2/c1-29-23-14-19-8-3-2-7-18(19)13-20(23)15-27-16-21-9-6-10-22(17-27)25(21,28)24-11-4-5-12-26-24/h4-5,11-14,21-22,28H,2-3,6-10,15-17H2,1H3/t21-,22+,25?. The van der Waals surface area contributed by atoms with Crippen LogP contribution in [-0.4, -0.2) is 35.2 Å². The SMILES string of the molecule is COc1cc2c(cc1CN1C[C@H]3CCC[C@@H](C1)C3(O)c1ccccn1)CCCC2. The van der Waals surface area contributed by atoms with Gasteiger partial charge in [0.2, 0.25) is 0 Å². The highest BCUT2D eigenvalue weighted by atomic mass is 16.5. The molecule has 2 aliphatic carbocycles. The summed E-state index contributed by atoms with van der Waals surface area (Å²) in [6.07, 6.45) is 10.1. The van der Waals surface area contributed by atoms with Crippen LogP contribution in [0.5, 0.6) is 5.75 Å². The molecule has 1 aliphatic heterocycles. The zero-order chi connectivity index (χ0) is 19.8. The second-order valence-electron chi connectivity index (χ2n) is 9.20. The van der Waals surface area contributed by atoms with Crippen molar-refractivity contribution in [3.05, 3.63) is 58.9 Å². The van der Waals surface area contributed by atoms with Crippen LogP contribution in [0.1, 0.15) is 54.5 Å². The maximum Gasteiger partial charge on any atom is 0.123 e. The van der Waals surface area contributed by atoms with Gasteiger partial charge in [0.25, 0.3) is 0 Å². The lowest BCUT2D eigenvalue weighted by atomic mass is 9.64. The summed E-state index contributed by atoms with van der Waals surface area (Å²) in [4.78, 5) is 7.09. The molecule has 2 bridgehead atoms. The number of benzene rings is 1. The topological polar surface area (TPSA) is 45.6 Å². The van der Waals surface area contributed by atoms with Gasteiger partial charge in [0, 0.05) is 43.2 Å². The molecular formula is C25H32N2O2. The van der Waals surface area contributed by atoms with Crippen LogP contribution in [0.25, 0.3) is 0 Å². The summed E-state index contributed by atoms with van der Waals surface area (Å²) in [6, 6.07) is 10.6. The Hall–Kier alpha value is -1.91. The lowest BCUT2D eigenvalue weighted by molar-refractivity contribution is -0.151. The van der Waals surface area contributed by atoms with E-state index in [0.29, 0.717) is 0 Å². The molecule has 154 valence electrons. The molecule has 2 aromatic rings. The Bertz CT molecular complexity index is 853. The third-order valence-corrected chi connectivity index (χ3v) is 7.52. The zero-order valence-electron chi connectivity index (χ0n) is 17.4. The Morgan fingerprint density at radius 2 is 1.79 bits per heavy atom. The van der Waals surface area contributed by atoms with Gasteiger partial charge in [-0.25, -0.2) is 0 Å². The summed E-state index contributed by atoms with van der Waals surface area (Å²) in [5.41, 5.74) is 4.36. The lowest BCUT2D eigenvalue weighted by Crippen LogP contribution is -2.58. The van der Waals surface area contributed by atoms with Crippen molar-refractivity contribution in [1.29, 1.82) is 0 Å². The predicted octanol–water partition coefficient (Wildman–Crippen LogP) is 4.09. The fraction of sp³-hybridized carbons (Fsp3) is 0.560. The number of methoxy groups -OCH3 is 1. The summed E-state index contributed by atoms with van der Waals surface area (Å²) in [5.74, 6) is 1.52. The highest BCUT2D eigenvalue weighted by molar-refractivity contribution is 5.44. The second-order valence-corrected chi connectivity index (χ2v) is 9.20. The Morgan fingerprint density at radius 3 is 2.45 bits per heavy atom. The first kappa shape index (κ1) is 19.1. The van der Waals surface area contributed by atoms with Crippen LogP contribution in [-0.2, 0) is 25.0 Å². The van der Waals surface area contributed by atoms with E-state index in [2.05, 4.69) is 22.0 Å². The number of aryl methyl sites for hydroxylation is 2. The normalized spacial score (nSPS) is 29.3. The number of aromatic nitrogens is 1. The number of ether oxygens (including phenoxy) is 1. The molecule has 5 rings (SSSR count). The van der Waals surface area contributed by atoms with E-state index in [-0.39, 0.29) is 11.8 Å². The molecule has 29 heavy (non-hydrogen) atoms. The van der Waals surface area contributed by atoms with Crippen LogP contribution in [0.3, 0.4) is 0 Å². The van der Waals surface area contributed by atoms with Crippen molar-refractivity contribution in [2.45, 2.75) is 57.1 Å². The fourth-order valence-electron chi connectivity index (χ4n) is 6.06. The van der Waals surface area contributed by atoms with Gasteiger partial charge in [-0.1, -0.05) is 18.6 Å². The summed E-state index contributed by atoms with van der Waals surface area (Å²) < 4.78 is 5.77. The van der Waals surface area contributed by atoms with Crippen molar-refractivity contribution >= 4 is 0 Å². The van der Waals surface area contributed by atoms with Crippen molar-refractivity contribution in [1.82, 2.24) is 9.88 Å². The molecule has 1 unspecified atom stereocenters. The number of fused-ring (bicyclic) bond motifs is 3. The molecular weight excluding hydrogens is 360 g/mol. The summed E-state index contributed by atoms with van der Waals surface area (Å²) >= 11 is 0. The average Bonchev–Trinajstić information content (AvgIpc) is 2.74. The number of hydrogen-bond acceptors (Lipinski definition) is 4. The zero-order valence-corrected chi connectivity index (χ0v) is 17.4. The molecule has 3 aliphatic rings. The van der Waals surface area contributed by atoms with Gasteiger partial charge in [0.1, 0.15) is 11.4 Å². The highest BCUT2D eigenvalue weighted by Gasteiger charge is 2.52. The quantitative estimate of drug-likeness (QED) is 0.851. The summed E-state index contributed by atoms with van der Waals surface area (Å²) in [7, 11) is 1.79. The van der Waals surface area contributed by atoms with Crippen molar-refractivity contribution in [2.75, 3.05) is 20.2 Å². The van der Waals surface area contributed by atoms with E-state index < -0.39 is 5.60 Å². The molecule has 2 heterocycles. The van der Waals surface area contributed by atoms with Crippen LogP contribution in [0, 0.1) is 11.8 Å². The number of rotatable bonds is 4. The minimum absolute atomic E-state index is 0.244. The molecule has 0 amide bonds. The minimum atomic E-state index is -0.782. The van der Waals surface area contributed by atoms with E-state index in [0.717, 1.165) is 43.9 Å². The minimum Gasteiger partial charge on any atom is -0.496 e. The van der Waals surface area contributed by atoms with Crippen LogP contribution in [0.15, 0.2) is 36.5 Å². The molecule has 4 heteroatoms. The monoisotopic (exact) mass is 392 g/mol. The van der Waals surface area contributed by atoms with E-state index in [9.17, 15) is 5.11 Å². The number of hydrogen-bond donors (Lipinski definition) is 1. The van der Waals surface area contributed by atoms with Gasteiger partial charge in [-0.15, -0.1) is 0 Å². The molecule has 1 aromatic heterocycles. The second kappa shape index (κ2) is 7.73. The van der Waals surface area contributed by atoms with Crippen LogP contribution in [0.2, 0.25) is 0 Å². The number of aliphatic hydroxyl groups is 1. The lowest BCUT2D eigenvalue weighted by Gasteiger charge is -2.52. The van der Waals surface area contributed by atoms with E-state index >= 15 is 0 Å². The number of nitrogens with zero attached hydrogens (tertiary/aromatic N) is 2. The number of likely N-dealkylation sites (tertiary alicyclic amines) is 1. The van der Waals surface area contributed by atoms with Crippen molar-refractivity contribution in [3.8, 4) is 5.75 Å². The third kappa shape index (κ3) is 3.36. The average molecular weight is 393 g/mol. The van der Waals surface area contributed by atoms with Crippen molar-refractivity contribution in [2.24, 2.45) is 11.8 Å². The fourth-order valence-corrected chi connectivity index (χ4v) is 6.06. The summed E-state index contributed by atoms with van der Waals surface area (Å²) in [6.45, 7) is 2.75. The Labute approximate surface area is 173 Å². The molecule has 4 nitrogen and oxygen atoms in total. The molecule has 0 spiro atoms. The molecule has 3 atom stereocenters. The largest absolute Gasteiger partial charge is 0.496 e. The van der Waals surface area contributed by atoms with Crippen molar-refractivity contribution < 1.29 is 9.84 Å². The summed E-state index contributed by atoms with van der Waals surface area (Å²) in [5, 5.41) is 11.8. The van der Waals surface area contributed by atoms with Gasteiger partial charge in [0.15, 0.2) is 0 Å². The predicted molar refractivity (Wildman–Crippen MR) is 114 cm³/mol. The van der Waals surface area contributed by atoms with E-state index in [1.807, 2.05) is 24.4 Å². The number of pyridine rings is 1. The van der Waals surface area contributed by atoms with Gasteiger partial charge < -0.3 is 9.84 Å².